The molecular formula is C18H22N4O3S. The van der Waals surface area contributed by atoms with Gasteiger partial charge in [-0.1, -0.05) is 23.8 Å². The van der Waals surface area contributed by atoms with Crippen LogP contribution in [0, 0.1) is 6.92 Å². The third kappa shape index (κ3) is 4.24. The Hall–Kier alpha value is -2.35. The molecule has 0 radical (unpaired) electrons. The number of carbonyl (C=O) groups excluding carboxylic acids is 2. The first-order chi connectivity index (χ1) is 12.6. The fourth-order valence-electron chi connectivity index (χ4n) is 2.85. The Morgan fingerprint density at radius 2 is 1.96 bits per heavy atom. The second-order valence-corrected chi connectivity index (χ2v) is 7.06. The second-order valence-electron chi connectivity index (χ2n) is 6.10. The van der Waals surface area contributed by atoms with E-state index < -0.39 is 0 Å². The molecule has 2 aromatic rings. The first-order valence-corrected chi connectivity index (χ1v) is 9.64. The third-order valence-corrected chi connectivity index (χ3v) is 5.30. The summed E-state index contributed by atoms with van der Waals surface area (Å²) in [5, 5.41) is 4.66. The zero-order valence-electron chi connectivity index (χ0n) is 15.0. The number of aromatic nitrogens is 2. The Morgan fingerprint density at radius 3 is 2.62 bits per heavy atom. The number of hydrogen-bond acceptors (Lipinski definition) is 6. The van der Waals surface area contributed by atoms with Crippen molar-refractivity contribution in [1.29, 1.82) is 0 Å². The molecule has 1 aliphatic heterocycles. The summed E-state index contributed by atoms with van der Waals surface area (Å²) in [6.45, 7) is 5.96. The molecule has 0 aliphatic carbocycles. The monoisotopic (exact) mass is 374 g/mol. The summed E-state index contributed by atoms with van der Waals surface area (Å²) in [5.74, 6) is 1.45. The highest BCUT2D eigenvalue weighted by molar-refractivity contribution is 7.98. The van der Waals surface area contributed by atoms with E-state index in [1.165, 1.54) is 11.8 Å². The largest absolute Gasteiger partial charge is 0.361 e. The molecule has 0 aromatic carbocycles. The lowest BCUT2D eigenvalue weighted by Crippen LogP contribution is -2.50. The summed E-state index contributed by atoms with van der Waals surface area (Å²) in [5.41, 5.74) is 1.41. The maximum Gasteiger partial charge on any atom is 0.256 e. The van der Waals surface area contributed by atoms with Gasteiger partial charge in [0.2, 0.25) is 5.91 Å². The van der Waals surface area contributed by atoms with E-state index in [9.17, 15) is 9.59 Å². The number of amides is 2. The van der Waals surface area contributed by atoms with Crippen LogP contribution in [0.15, 0.2) is 33.9 Å². The van der Waals surface area contributed by atoms with Crippen LogP contribution < -0.4 is 0 Å². The number of thioether (sulfide) groups is 1. The number of nitrogens with zero attached hydrogens (tertiary/aromatic N) is 4. The number of rotatable bonds is 5. The highest BCUT2D eigenvalue weighted by atomic mass is 32.2. The van der Waals surface area contributed by atoms with Crippen molar-refractivity contribution in [1.82, 2.24) is 19.9 Å². The van der Waals surface area contributed by atoms with E-state index in [1.54, 1.807) is 23.2 Å². The molecule has 26 heavy (non-hydrogen) atoms. The maximum absolute atomic E-state index is 12.9. The number of piperazine rings is 1. The zero-order valence-corrected chi connectivity index (χ0v) is 15.8. The van der Waals surface area contributed by atoms with Gasteiger partial charge < -0.3 is 14.3 Å². The topological polar surface area (TPSA) is 79.5 Å². The number of carbonyl (C=O) groups is 2. The standard InChI is InChI=1S/C18H22N4O3S/c1-3-16(23)21-7-9-22(10-8-21)18(24)15-5-4-6-19-17(15)26-12-14-11-13(2)25-20-14/h4-6,11H,3,7-10,12H2,1-2H3. The van der Waals surface area contributed by atoms with Gasteiger partial charge in [-0.3, -0.25) is 9.59 Å². The van der Waals surface area contributed by atoms with Crippen molar-refractivity contribution in [3.8, 4) is 0 Å². The van der Waals surface area contributed by atoms with Crippen molar-refractivity contribution in [2.75, 3.05) is 26.2 Å². The van der Waals surface area contributed by atoms with Crippen molar-refractivity contribution in [2.24, 2.45) is 0 Å². The summed E-state index contributed by atoms with van der Waals surface area (Å²) in [7, 11) is 0. The van der Waals surface area contributed by atoms with Gasteiger partial charge in [-0.2, -0.15) is 0 Å². The van der Waals surface area contributed by atoms with E-state index >= 15 is 0 Å². The lowest BCUT2D eigenvalue weighted by molar-refractivity contribution is -0.132. The molecule has 7 nitrogen and oxygen atoms in total. The van der Waals surface area contributed by atoms with Crippen LogP contribution in [0.1, 0.15) is 35.2 Å². The Labute approximate surface area is 156 Å². The summed E-state index contributed by atoms with van der Waals surface area (Å²) in [6, 6.07) is 5.45. The van der Waals surface area contributed by atoms with Crippen LogP contribution in [-0.2, 0) is 10.5 Å². The van der Waals surface area contributed by atoms with Crippen LogP contribution in [0.4, 0.5) is 0 Å². The molecule has 3 heterocycles. The Bertz CT molecular complexity index is 784. The third-order valence-electron chi connectivity index (χ3n) is 4.26. The van der Waals surface area contributed by atoms with E-state index in [0.717, 1.165) is 11.5 Å². The summed E-state index contributed by atoms with van der Waals surface area (Å²) >= 11 is 1.47. The van der Waals surface area contributed by atoms with E-state index in [1.807, 2.05) is 24.8 Å². The average Bonchev–Trinajstić information content (AvgIpc) is 3.10. The minimum atomic E-state index is -0.0412. The quantitative estimate of drug-likeness (QED) is 0.748. The Morgan fingerprint density at radius 1 is 1.23 bits per heavy atom. The molecule has 0 atom stereocenters. The van der Waals surface area contributed by atoms with Crippen LogP contribution in [0.5, 0.6) is 0 Å². The first kappa shape index (κ1) is 18.4. The van der Waals surface area contributed by atoms with E-state index in [-0.39, 0.29) is 11.8 Å². The van der Waals surface area contributed by atoms with Crippen LogP contribution in [0.2, 0.25) is 0 Å². The smallest absolute Gasteiger partial charge is 0.256 e. The summed E-state index contributed by atoms with van der Waals surface area (Å²) < 4.78 is 5.07. The van der Waals surface area contributed by atoms with Gasteiger partial charge in [0.1, 0.15) is 10.8 Å². The number of hydrogen-bond donors (Lipinski definition) is 0. The van der Waals surface area contributed by atoms with Gasteiger partial charge in [-0.25, -0.2) is 4.98 Å². The molecule has 2 amide bonds. The van der Waals surface area contributed by atoms with Gasteiger partial charge in [0.15, 0.2) is 0 Å². The summed E-state index contributed by atoms with van der Waals surface area (Å²) in [4.78, 5) is 32.7. The fourth-order valence-corrected chi connectivity index (χ4v) is 3.72. The summed E-state index contributed by atoms with van der Waals surface area (Å²) in [6.07, 6.45) is 2.18. The molecule has 1 fully saturated rings. The minimum absolute atomic E-state index is 0.0412. The van der Waals surface area contributed by atoms with Crippen LogP contribution in [-0.4, -0.2) is 57.9 Å². The molecule has 2 aromatic heterocycles. The minimum Gasteiger partial charge on any atom is -0.361 e. The predicted octanol–water partition coefficient (Wildman–Crippen LogP) is 2.36. The lowest BCUT2D eigenvalue weighted by atomic mass is 10.2. The van der Waals surface area contributed by atoms with Gasteiger partial charge in [-0.15, -0.1) is 0 Å². The molecule has 8 heteroatoms. The van der Waals surface area contributed by atoms with Gasteiger partial charge in [0, 0.05) is 50.6 Å². The van der Waals surface area contributed by atoms with Crippen molar-refractivity contribution in [3.05, 3.63) is 41.4 Å². The van der Waals surface area contributed by atoms with Gasteiger partial charge in [-0.05, 0) is 19.1 Å². The highest BCUT2D eigenvalue weighted by Gasteiger charge is 2.25. The Balaban J connectivity index is 1.65. The van der Waals surface area contributed by atoms with Crippen molar-refractivity contribution in [2.45, 2.75) is 31.0 Å². The number of pyridine rings is 1. The molecule has 138 valence electrons. The first-order valence-electron chi connectivity index (χ1n) is 8.65. The molecule has 0 saturated carbocycles. The molecule has 1 saturated heterocycles. The highest BCUT2D eigenvalue weighted by Crippen LogP contribution is 2.25. The van der Waals surface area contributed by atoms with Crippen LogP contribution in [0.3, 0.4) is 0 Å². The number of aryl methyl sites for hydroxylation is 1. The van der Waals surface area contributed by atoms with Gasteiger partial charge >= 0.3 is 0 Å². The van der Waals surface area contributed by atoms with Crippen molar-refractivity contribution < 1.29 is 14.1 Å². The molecule has 0 spiro atoms. The normalized spacial score (nSPS) is 14.5. The molecule has 1 aliphatic rings. The Kier molecular flexibility index (Phi) is 5.92. The average molecular weight is 374 g/mol. The lowest BCUT2D eigenvalue weighted by Gasteiger charge is -2.34. The second kappa shape index (κ2) is 8.35. The molecule has 0 bridgehead atoms. The van der Waals surface area contributed by atoms with Crippen LogP contribution in [0.25, 0.3) is 0 Å². The van der Waals surface area contributed by atoms with E-state index in [4.69, 9.17) is 4.52 Å². The van der Waals surface area contributed by atoms with Gasteiger partial charge in [0.05, 0.1) is 11.3 Å². The predicted molar refractivity (Wildman–Crippen MR) is 97.8 cm³/mol. The SMILES string of the molecule is CCC(=O)N1CCN(C(=O)c2cccnc2SCc2cc(C)on2)CC1. The van der Waals surface area contributed by atoms with Crippen LogP contribution >= 0.6 is 11.8 Å². The van der Waals surface area contributed by atoms with Crippen molar-refractivity contribution in [3.63, 3.8) is 0 Å². The van der Waals surface area contributed by atoms with Crippen molar-refractivity contribution >= 4 is 23.6 Å². The molecule has 3 rings (SSSR count). The zero-order chi connectivity index (χ0) is 18.5. The molecular weight excluding hydrogens is 352 g/mol. The van der Waals surface area contributed by atoms with E-state index in [2.05, 4.69) is 10.1 Å². The molecule has 0 N–H and O–H groups in total. The molecule has 0 unspecified atom stereocenters. The maximum atomic E-state index is 12.9. The van der Waals surface area contributed by atoms with E-state index in [0.29, 0.717) is 48.9 Å². The fraction of sp³-hybridized carbons (Fsp3) is 0.444. The van der Waals surface area contributed by atoms with Gasteiger partial charge in [0.25, 0.3) is 5.91 Å².